The molecule has 1 heterocycles. The molecule has 1 amide bonds. The minimum atomic E-state index is -0.248. The Hall–Kier alpha value is -3.06. The third kappa shape index (κ3) is 6.23. The Balaban J connectivity index is 1.58. The van der Waals surface area contributed by atoms with Gasteiger partial charge in [-0.15, -0.1) is 0 Å². The van der Waals surface area contributed by atoms with Crippen molar-refractivity contribution in [1.82, 2.24) is 10.6 Å². The Morgan fingerprint density at radius 3 is 2.38 bits per heavy atom. The van der Waals surface area contributed by atoms with Crippen LogP contribution in [-0.2, 0) is 4.79 Å². The zero-order chi connectivity index (χ0) is 23.1. The fraction of sp³-hybridized carbons (Fsp3) is 0.360. The van der Waals surface area contributed by atoms with Gasteiger partial charge in [0.1, 0.15) is 11.4 Å². The van der Waals surface area contributed by atoms with Crippen LogP contribution in [0, 0.1) is 6.92 Å². The molecule has 0 atom stereocenters. The lowest BCUT2D eigenvalue weighted by atomic mass is 10.0. The average molecular weight is 455 g/mol. The van der Waals surface area contributed by atoms with Crippen molar-refractivity contribution >= 4 is 29.3 Å². The second kappa shape index (κ2) is 11.0. The highest BCUT2D eigenvalue weighted by atomic mass is 32.1. The number of carbonyl (C=O) groups excluding carboxylic acids is 1. The number of ether oxygens (including phenoxy) is 3. The number of carbonyl (C=O) groups is 1. The van der Waals surface area contributed by atoms with Gasteiger partial charge in [0.15, 0.2) is 16.6 Å². The van der Waals surface area contributed by atoms with Crippen LogP contribution in [-0.4, -0.2) is 30.8 Å². The fourth-order valence-electron chi connectivity index (χ4n) is 3.32. The molecule has 0 unspecified atom stereocenters. The molecular formula is C25H30N2O4S. The molecule has 2 N–H and O–H groups in total. The van der Waals surface area contributed by atoms with Gasteiger partial charge in [-0.2, -0.15) is 0 Å². The topological polar surface area (TPSA) is 68.8 Å². The van der Waals surface area contributed by atoms with Crippen LogP contribution < -0.4 is 24.8 Å². The molecule has 32 heavy (non-hydrogen) atoms. The Morgan fingerprint density at radius 2 is 1.72 bits per heavy atom. The summed E-state index contributed by atoms with van der Waals surface area (Å²) in [5.74, 6) is 2.39. The highest BCUT2D eigenvalue weighted by molar-refractivity contribution is 7.80. The summed E-state index contributed by atoms with van der Waals surface area (Å²) in [6.45, 7) is 9.89. The lowest BCUT2D eigenvalue weighted by Gasteiger charge is -2.16. The van der Waals surface area contributed by atoms with Crippen molar-refractivity contribution in [2.24, 2.45) is 0 Å². The minimum absolute atomic E-state index is 0.248. The van der Waals surface area contributed by atoms with E-state index in [1.54, 1.807) is 6.08 Å². The Labute approximate surface area is 194 Å². The molecule has 1 fully saturated rings. The maximum absolute atomic E-state index is 11.9. The molecule has 2 aromatic carbocycles. The van der Waals surface area contributed by atoms with Crippen molar-refractivity contribution in [3.8, 4) is 17.2 Å². The van der Waals surface area contributed by atoms with Crippen molar-refractivity contribution in [3.63, 3.8) is 0 Å². The van der Waals surface area contributed by atoms with E-state index in [-0.39, 0.29) is 5.91 Å². The van der Waals surface area contributed by atoms with Gasteiger partial charge in [0.25, 0.3) is 5.91 Å². The highest BCUT2D eigenvalue weighted by Crippen LogP contribution is 2.30. The molecule has 2 aromatic rings. The van der Waals surface area contributed by atoms with Crippen LogP contribution in [0.4, 0.5) is 0 Å². The normalized spacial score (nSPS) is 14.5. The largest absolute Gasteiger partial charge is 0.493 e. The van der Waals surface area contributed by atoms with Gasteiger partial charge in [0, 0.05) is 6.42 Å². The van der Waals surface area contributed by atoms with Crippen molar-refractivity contribution in [1.29, 1.82) is 0 Å². The molecule has 0 bridgehead atoms. The molecule has 0 radical (unpaired) electrons. The Bertz CT molecular complexity index is 1020. The lowest BCUT2D eigenvalue weighted by molar-refractivity contribution is -0.115. The quantitative estimate of drug-likeness (QED) is 0.308. The minimum Gasteiger partial charge on any atom is -0.493 e. The molecule has 1 aliphatic rings. The smallest absolute Gasteiger partial charge is 0.273 e. The number of thiocarbonyl (C=S) groups is 1. The molecule has 6 nitrogen and oxygen atoms in total. The summed E-state index contributed by atoms with van der Waals surface area (Å²) in [5.41, 5.74) is 3.61. The van der Waals surface area contributed by atoms with E-state index in [1.807, 2.05) is 25.1 Å². The van der Waals surface area contributed by atoms with Crippen LogP contribution >= 0.6 is 12.2 Å². The van der Waals surface area contributed by atoms with Gasteiger partial charge < -0.3 is 19.5 Å². The third-order valence-electron chi connectivity index (χ3n) is 4.89. The molecule has 0 spiro atoms. The zero-order valence-electron chi connectivity index (χ0n) is 19.0. The third-order valence-corrected chi connectivity index (χ3v) is 5.10. The van der Waals surface area contributed by atoms with Crippen molar-refractivity contribution in [2.45, 2.75) is 40.0 Å². The van der Waals surface area contributed by atoms with E-state index >= 15 is 0 Å². The first-order chi connectivity index (χ1) is 15.4. The fourth-order valence-corrected chi connectivity index (χ4v) is 3.52. The standard InChI is InChI=1S/C25H30N2O4S/c1-5-29-23-15-18(14-20-24(28)27-25(32)26-20)8-10-21(23)30-11-6-12-31-22-13-17(4)7-9-19(22)16(2)3/h7-10,13-16H,5-6,11-12H2,1-4H3,(H2,26,27,28,32). The number of nitrogens with one attached hydrogen (secondary N) is 2. The van der Waals surface area contributed by atoms with E-state index in [1.165, 1.54) is 11.1 Å². The molecule has 0 saturated carbocycles. The van der Waals surface area contributed by atoms with Crippen molar-refractivity contribution < 1.29 is 19.0 Å². The van der Waals surface area contributed by atoms with Gasteiger partial charge in [0.2, 0.25) is 0 Å². The average Bonchev–Trinajstić information content (AvgIpc) is 3.05. The first kappa shape index (κ1) is 23.6. The predicted molar refractivity (Wildman–Crippen MR) is 130 cm³/mol. The maximum atomic E-state index is 11.9. The van der Waals surface area contributed by atoms with E-state index in [4.69, 9.17) is 26.4 Å². The Kier molecular flexibility index (Phi) is 8.11. The van der Waals surface area contributed by atoms with Gasteiger partial charge in [-0.1, -0.05) is 32.0 Å². The SMILES string of the molecule is CCOc1cc(C=C2NC(=S)NC2=O)ccc1OCCCOc1cc(C)ccc1C(C)C. The van der Waals surface area contributed by atoms with Crippen molar-refractivity contribution in [2.75, 3.05) is 19.8 Å². The summed E-state index contributed by atoms with van der Waals surface area (Å²) in [4.78, 5) is 11.9. The van der Waals surface area contributed by atoms with Crippen LogP contribution in [0.1, 0.15) is 49.8 Å². The van der Waals surface area contributed by atoms with Gasteiger partial charge in [-0.3, -0.25) is 10.1 Å². The van der Waals surface area contributed by atoms with E-state index in [9.17, 15) is 4.79 Å². The monoisotopic (exact) mass is 454 g/mol. The first-order valence-corrected chi connectivity index (χ1v) is 11.2. The lowest BCUT2D eigenvalue weighted by Crippen LogP contribution is -2.21. The molecule has 3 rings (SSSR count). The maximum Gasteiger partial charge on any atom is 0.273 e. The number of rotatable bonds is 10. The number of hydrogen-bond acceptors (Lipinski definition) is 5. The molecule has 1 aliphatic heterocycles. The van der Waals surface area contributed by atoms with Gasteiger partial charge in [-0.25, -0.2) is 0 Å². The zero-order valence-corrected chi connectivity index (χ0v) is 19.8. The number of hydrogen-bond donors (Lipinski definition) is 2. The Morgan fingerprint density at radius 1 is 0.969 bits per heavy atom. The number of aryl methyl sites for hydroxylation is 1. The molecule has 0 aromatic heterocycles. The summed E-state index contributed by atoms with van der Waals surface area (Å²) in [7, 11) is 0. The van der Waals surface area contributed by atoms with Crippen LogP contribution in [0.2, 0.25) is 0 Å². The second-order valence-corrected chi connectivity index (χ2v) is 8.26. The summed E-state index contributed by atoms with van der Waals surface area (Å²) in [6.07, 6.45) is 2.47. The second-order valence-electron chi connectivity index (χ2n) is 7.85. The summed E-state index contributed by atoms with van der Waals surface area (Å²) in [6, 6.07) is 11.9. The number of amides is 1. The van der Waals surface area contributed by atoms with Gasteiger partial charge in [0.05, 0.1) is 19.8 Å². The van der Waals surface area contributed by atoms with E-state index in [0.29, 0.717) is 48.0 Å². The molecular weight excluding hydrogens is 424 g/mol. The van der Waals surface area contributed by atoms with E-state index < -0.39 is 0 Å². The first-order valence-electron chi connectivity index (χ1n) is 10.8. The van der Waals surface area contributed by atoms with Crippen LogP contribution in [0.5, 0.6) is 17.2 Å². The molecule has 1 saturated heterocycles. The molecule has 170 valence electrons. The van der Waals surface area contributed by atoms with E-state index in [2.05, 4.69) is 49.6 Å². The summed E-state index contributed by atoms with van der Waals surface area (Å²) < 4.78 is 17.7. The number of benzene rings is 2. The summed E-state index contributed by atoms with van der Waals surface area (Å²) >= 11 is 4.97. The summed E-state index contributed by atoms with van der Waals surface area (Å²) in [5, 5.41) is 5.69. The highest BCUT2D eigenvalue weighted by Gasteiger charge is 2.20. The predicted octanol–water partition coefficient (Wildman–Crippen LogP) is 4.71. The molecule has 0 aliphatic carbocycles. The van der Waals surface area contributed by atoms with Gasteiger partial charge >= 0.3 is 0 Å². The van der Waals surface area contributed by atoms with Crippen LogP contribution in [0.3, 0.4) is 0 Å². The van der Waals surface area contributed by atoms with Gasteiger partial charge in [-0.05, 0) is 72.9 Å². The van der Waals surface area contributed by atoms with E-state index in [0.717, 1.165) is 17.7 Å². The van der Waals surface area contributed by atoms with Crippen LogP contribution in [0.15, 0.2) is 42.1 Å². The van der Waals surface area contributed by atoms with Crippen molar-refractivity contribution in [3.05, 3.63) is 58.8 Å². The molecule has 7 heteroatoms. The van der Waals surface area contributed by atoms with Crippen LogP contribution in [0.25, 0.3) is 6.08 Å².